The molecule has 0 aromatic heterocycles. The van der Waals surface area contributed by atoms with Gasteiger partial charge in [-0.1, -0.05) is 195 Å². The van der Waals surface area contributed by atoms with Crippen molar-refractivity contribution < 1.29 is 0 Å². The van der Waals surface area contributed by atoms with Crippen molar-refractivity contribution in [3.05, 3.63) is 42.1 Å². The number of benzene rings is 1. The standard InChI is InChI=1S/C38H65N2/c1-3-5-7-9-10-11-12-13-14-15-16-17-18-19-20-22-26-30-36(34-35-28-24-23-25-29-35)37(38-39-32-33-40-38)31-27-21-8-6-4-2/h23-25,28-29,32-33,36-37H,3-22,26-27,30-31,34H2,1-2H3/q+1. The summed E-state index contributed by atoms with van der Waals surface area (Å²) in [5, 5.41) is 0. The Bertz CT molecular complexity index is 712. The van der Waals surface area contributed by atoms with E-state index in [1.54, 1.807) is 0 Å². The lowest BCUT2D eigenvalue weighted by Gasteiger charge is -2.26. The lowest BCUT2D eigenvalue weighted by molar-refractivity contribution is 0.284. The molecule has 0 fully saturated rings. The summed E-state index contributed by atoms with van der Waals surface area (Å²) in [5.41, 5.74) is 1.47. The van der Waals surface area contributed by atoms with Crippen LogP contribution in [0.15, 0.2) is 40.3 Å². The van der Waals surface area contributed by atoms with Crippen LogP contribution < -0.4 is 0 Å². The van der Waals surface area contributed by atoms with Crippen LogP contribution in [0, 0.1) is 18.0 Å². The summed E-state index contributed by atoms with van der Waals surface area (Å²) in [6, 6.07) is 11.2. The minimum atomic E-state index is 0.498. The number of nitrogens with zero attached hydrogens (tertiary/aromatic N) is 2. The molecule has 0 saturated heterocycles. The van der Waals surface area contributed by atoms with Crippen molar-refractivity contribution >= 4 is 12.4 Å². The molecule has 2 rings (SSSR count). The molecule has 0 radical (unpaired) electrons. The Morgan fingerprint density at radius 3 is 1.35 bits per heavy atom. The quantitative estimate of drug-likeness (QED) is 0.0733. The van der Waals surface area contributed by atoms with Gasteiger partial charge in [-0.15, -0.1) is 0 Å². The minimum Gasteiger partial charge on any atom is -0.0965 e. The third kappa shape index (κ3) is 17.3. The van der Waals surface area contributed by atoms with E-state index in [0.29, 0.717) is 11.8 Å². The minimum absolute atomic E-state index is 0.498. The lowest BCUT2D eigenvalue weighted by atomic mass is 9.78. The fourth-order valence-corrected chi connectivity index (χ4v) is 6.48. The van der Waals surface area contributed by atoms with E-state index in [-0.39, 0.29) is 0 Å². The van der Waals surface area contributed by atoms with E-state index in [1.165, 1.54) is 160 Å². The number of hydrogen-bond donors (Lipinski definition) is 0. The van der Waals surface area contributed by atoms with Crippen LogP contribution in [0.1, 0.15) is 174 Å². The van der Waals surface area contributed by atoms with Gasteiger partial charge in [0.2, 0.25) is 6.17 Å². The second-order valence-electron chi connectivity index (χ2n) is 12.6. The van der Waals surface area contributed by atoms with E-state index in [1.807, 2.05) is 12.4 Å². The molecule has 0 bridgehead atoms. The van der Waals surface area contributed by atoms with Crippen LogP contribution in [0.5, 0.6) is 0 Å². The van der Waals surface area contributed by atoms with E-state index in [0.717, 1.165) is 12.6 Å². The number of hydrogen-bond acceptors (Lipinski definition) is 2. The van der Waals surface area contributed by atoms with E-state index < -0.39 is 0 Å². The fraction of sp³-hybridized carbons (Fsp3) is 0.763. The summed E-state index contributed by atoms with van der Waals surface area (Å²) < 4.78 is 0. The first-order valence-corrected chi connectivity index (χ1v) is 17.8. The van der Waals surface area contributed by atoms with Crippen LogP contribution in [0.3, 0.4) is 0 Å². The highest BCUT2D eigenvalue weighted by molar-refractivity contribution is 6.18. The maximum atomic E-state index is 4.71. The van der Waals surface area contributed by atoms with Gasteiger partial charge in [0.15, 0.2) is 12.4 Å². The predicted molar refractivity (Wildman–Crippen MR) is 180 cm³/mol. The third-order valence-corrected chi connectivity index (χ3v) is 9.02. The molecule has 0 N–H and O–H groups in total. The van der Waals surface area contributed by atoms with Gasteiger partial charge >= 0.3 is 0 Å². The topological polar surface area (TPSA) is 24.7 Å². The first kappa shape index (κ1) is 34.6. The maximum Gasteiger partial charge on any atom is 0.244 e. The Labute approximate surface area is 250 Å². The lowest BCUT2D eigenvalue weighted by Crippen LogP contribution is -2.22. The maximum absolute atomic E-state index is 4.71. The Hall–Kier alpha value is -1.57. The molecule has 0 saturated carbocycles. The summed E-state index contributed by atoms with van der Waals surface area (Å²) in [4.78, 5) is 9.42. The van der Waals surface area contributed by atoms with Gasteiger partial charge in [0.25, 0.3) is 0 Å². The molecule has 1 aromatic rings. The van der Waals surface area contributed by atoms with Gasteiger partial charge in [-0.05, 0) is 30.7 Å². The molecule has 2 heteroatoms. The smallest absolute Gasteiger partial charge is 0.0965 e. The van der Waals surface area contributed by atoms with Gasteiger partial charge < -0.3 is 0 Å². The second-order valence-corrected chi connectivity index (χ2v) is 12.6. The van der Waals surface area contributed by atoms with E-state index in [9.17, 15) is 0 Å². The van der Waals surface area contributed by atoms with Gasteiger partial charge in [-0.25, -0.2) is 0 Å². The van der Waals surface area contributed by atoms with Gasteiger partial charge in [-0.3, -0.25) is 0 Å². The molecule has 1 heterocycles. The number of aliphatic imine (C=N–C) groups is 2. The SMILES string of the molecule is CCCCCCCCCCCCCCCCCCCC(Cc1ccccc1)C(CCCCCCC)[C+]1N=CC=N1. The highest BCUT2D eigenvalue weighted by atomic mass is 15.0. The predicted octanol–water partition coefficient (Wildman–Crippen LogP) is 12.5. The Morgan fingerprint density at radius 1 is 0.500 bits per heavy atom. The zero-order valence-corrected chi connectivity index (χ0v) is 26.8. The van der Waals surface area contributed by atoms with Crippen molar-refractivity contribution in [1.82, 2.24) is 0 Å². The molecule has 40 heavy (non-hydrogen) atoms. The van der Waals surface area contributed by atoms with Crippen molar-refractivity contribution in [2.24, 2.45) is 21.8 Å². The van der Waals surface area contributed by atoms with Gasteiger partial charge in [0.1, 0.15) is 0 Å². The first-order chi connectivity index (χ1) is 19.8. The van der Waals surface area contributed by atoms with E-state index in [2.05, 4.69) is 44.2 Å². The molecular weight excluding hydrogens is 484 g/mol. The summed E-state index contributed by atoms with van der Waals surface area (Å²) in [6.45, 7) is 4.60. The Morgan fingerprint density at radius 2 is 0.900 bits per heavy atom. The van der Waals surface area contributed by atoms with Crippen LogP contribution in [0.25, 0.3) is 0 Å². The van der Waals surface area contributed by atoms with Crippen LogP contribution in [0.4, 0.5) is 0 Å². The second kappa shape index (κ2) is 25.2. The molecule has 1 aliphatic rings. The largest absolute Gasteiger partial charge is 0.244 e. The van der Waals surface area contributed by atoms with Crippen molar-refractivity contribution in [1.29, 1.82) is 0 Å². The fourth-order valence-electron chi connectivity index (χ4n) is 6.48. The Kier molecular flexibility index (Phi) is 21.8. The average Bonchev–Trinajstić information content (AvgIpc) is 3.51. The molecule has 2 nitrogen and oxygen atoms in total. The average molecular weight is 550 g/mol. The summed E-state index contributed by atoms with van der Waals surface area (Å²) >= 11 is 0. The van der Waals surface area contributed by atoms with E-state index in [4.69, 9.17) is 9.98 Å². The number of rotatable bonds is 28. The molecule has 0 amide bonds. The van der Waals surface area contributed by atoms with Gasteiger partial charge in [0.05, 0.1) is 5.92 Å². The molecule has 1 aliphatic heterocycles. The molecule has 2 unspecified atom stereocenters. The highest BCUT2D eigenvalue weighted by Crippen LogP contribution is 2.37. The number of unbranched alkanes of at least 4 members (excludes halogenated alkanes) is 20. The molecule has 0 aliphatic carbocycles. The zero-order chi connectivity index (χ0) is 28.4. The van der Waals surface area contributed by atoms with Crippen LogP contribution in [-0.2, 0) is 6.42 Å². The van der Waals surface area contributed by atoms with Gasteiger partial charge in [0, 0.05) is 0 Å². The van der Waals surface area contributed by atoms with Gasteiger partial charge in [-0.2, -0.15) is 0 Å². The molecule has 226 valence electrons. The van der Waals surface area contributed by atoms with E-state index >= 15 is 0 Å². The first-order valence-electron chi connectivity index (χ1n) is 17.8. The molecular formula is C38H65N2+. The monoisotopic (exact) mass is 550 g/mol. The van der Waals surface area contributed by atoms with Crippen LogP contribution in [-0.4, -0.2) is 12.4 Å². The highest BCUT2D eigenvalue weighted by Gasteiger charge is 2.35. The molecule has 2 atom stereocenters. The van der Waals surface area contributed by atoms with Crippen molar-refractivity contribution in [2.45, 2.75) is 174 Å². The Balaban J connectivity index is 1.61. The third-order valence-electron chi connectivity index (χ3n) is 9.02. The summed E-state index contributed by atoms with van der Waals surface area (Å²) in [6.07, 6.45) is 39.7. The van der Waals surface area contributed by atoms with Crippen LogP contribution >= 0.6 is 0 Å². The summed E-state index contributed by atoms with van der Waals surface area (Å²) in [5.74, 6) is 1.14. The van der Waals surface area contributed by atoms with Crippen molar-refractivity contribution in [2.75, 3.05) is 0 Å². The normalized spacial score (nSPS) is 14.3. The summed E-state index contributed by atoms with van der Waals surface area (Å²) in [7, 11) is 0. The van der Waals surface area contributed by atoms with Crippen LogP contribution in [0.2, 0.25) is 0 Å². The van der Waals surface area contributed by atoms with Crippen molar-refractivity contribution in [3.63, 3.8) is 0 Å². The van der Waals surface area contributed by atoms with Crippen molar-refractivity contribution in [3.8, 4) is 0 Å². The zero-order valence-electron chi connectivity index (χ0n) is 26.8. The molecule has 1 aromatic carbocycles. The molecule has 0 spiro atoms.